The van der Waals surface area contributed by atoms with Crippen LogP contribution in [0.5, 0.6) is 0 Å². The molecule has 0 heterocycles. The van der Waals surface area contributed by atoms with Gasteiger partial charge in [-0.3, -0.25) is 9.52 Å². The van der Waals surface area contributed by atoms with Gasteiger partial charge < -0.3 is 9.84 Å². The van der Waals surface area contributed by atoms with E-state index in [-0.39, 0.29) is 18.7 Å². The van der Waals surface area contributed by atoms with Crippen molar-refractivity contribution in [3.8, 4) is 0 Å². The third-order valence-electron chi connectivity index (χ3n) is 2.35. The second-order valence-electron chi connectivity index (χ2n) is 3.98. The minimum absolute atomic E-state index is 0.124. The van der Waals surface area contributed by atoms with Crippen LogP contribution in [0, 0.1) is 5.82 Å². The van der Waals surface area contributed by atoms with E-state index < -0.39 is 39.1 Å². The number of benzene rings is 1. The summed E-state index contributed by atoms with van der Waals surface area (Å²) >= 11 is 0. The van der Waals surface area contributed by atoms with Gasteiger partial charge in [-0.25, -0.2) is 17.6 Å². The summed E-state index contributed by atoms with van der Waals surface area (Å²) in [5, 5.41) is 8.65. The van der Waals surface area contributed by atoms with Crippen LogP contribution in [0.4, 0.5) is 10.1 Å². The number of hydrogen-bond acceptors (Lipinski definition) is 5. The lowest BCUT2D eigenvalue weighted by Crippen LogP contribution is -2.20. The third kappa shape index (κ3) is 5.38. The van der Waals surface area contributed by atoms with Gasteiger partial charge in [0, 0.05) is 0 Å². The van der Waals surface area contributed by atoms with Gasteiger partial charge in [0.2, 0.25) is 10.0 Å². The lowest BCUT2D eigenvalue weighted by molar-refractivity contribution is -0.142. The SMILES string of the molecule is CCOC(=O)CCS(=O)(=O)Nc1ccc(C(=O)O)c(F)c1. The first-order valence-electron chi connectivity index (χ1n) is 5.94. The number of carboxylic acid groups (broad SMARTS) is 1. The summed E-state index contributed by atoms with van der Waals surface area (Å²) in [6.45, 7) is 1.74. The standard InChI is InChI=1S/C12H14FNO6S/c1-2-20-11(15)5-6-21(18,19)14-8-3-4-9(12(16)17)10(13)7-8/h3-4,7,14H,2,5-6H2,1H3,(H,16,17). The molecule has 1 rings (SSSR count). The molecule has 7 nitrogen and oxygen atoms in total. The number of hydrogen-bond donors (Lipinski definition) is 2. The summed E-state index contributed by atoms with van der Waals surface area (Å²) in [5.74, 6) is -3.69. The Morgan fingerprint density at radius 3 is 2.57 bits per heavy atom. The highest BCUT2D eigenvalue weighted by atomic mass is 32.2. The maximum absolute atomic E-state index is 13.4. The van der Waals surface area contributed by atoms with E-state index in [1.165, 1.54) is 0 Å². The van der Waals surface area contributed by atoms with Crippen molar-refractivity contribution >= 4 is 27.6 Å². The van der Waals surface area contributed by atoms with Crippen molar-refractivity contribution in [3.05, 3.63) is 29.6 Å². The van der Waals surface area contributed by atoms with E-state index in [1.807, 2.05) is 0 Å². The number of esters is 1. The van der Waals surface area contributed by atoms with Gasteiger partial charge in [-0.05, 0) is 25.1 Å². The number of carboxylic acids is 1. The minimum Gasteiger partial charge on any atom is -0.478 e. The molecule has 0 fully saturated rings. The molecular formula is C12H14FNO6S. The summed E-state index contributed by atoms with van der Waals surface area (Å²) in [4.78, 5) is 21.7. The molecule has 0 radical (unpaired) electrons. The molecule has 0 spiro atoms. The lowest BCUT2D eigenvalue weighted by Gasteiger charge is -2.08. The largest absolute Gasteiger partial charge is 0.478 e. The average Bonchev–Trinajstić information content (AvgIpc) is 2.36. The van der Waals surface area contributed by atoms with Gasteiger partial charge in [0.1, 0.15) is 5.82 Å². The van der Waals surface area contributed by atoms with Crippen LogP contribution in [-0.2, 0) is 19.6 Å². The lowest BCUT2D eigenvalue weighted by atomic mass is 10.2. The molecule has 0 unspecified atom stereocenters. The topological polar surface area (TPSA) is 110 Å². The molecule has 0 amide bonds. The predicted molar refractivity (Wildman–Crippen MR) is 72.0 cm³/mol. The van der Waals surface area contributed by atoms with Gasteiger partial charge in [0.05, 0.1) is 30.0 Å². The summed E-state index contributed by atoms with van der Waals surface area (Å²) in [6.07, 6.45) is -0.334. The Morgan fingerprint density at radius 1 is 1.38 bits per heavy atom. The van der Waals surface area contributed by atoms with Crippen molar-refractivity contribution in [2.24, 2.45) is 0 Å². The highest BCUT2D eigenvalue weighted by Crippen LogP contribution is 2.16. The average molecular weight is 319 g/mol. The highest BCUT2D eigenvalue weighted by Gasteiger charge is 2.16. The number of carbonyl (C=O) groups excluding carboxylic acids is 1. The van der Waals surface area contributed by atoms with Crippen LogP contribution in [0.2, 0.25) is 0 Å². The number of nitrogens with one attached hydrogen (secondary N) is 1. The number of sulfonamides is 1. The molecule has 0 saturated carbocycles. The zero-order valence-corrected chi connectivity index (χ0v) is 11.9. The zero-order chi connectivity index (χ0) is 16.0. The number of anilines is 1. The molecule has 0 aromatic heterocycles. The van der Waals surface area contributed by atoms with Crippen LogP contribution in [0.1, 0.15) is 23.7 Å². The Labute approximate surface area is 120 Å². The summed E-state index contributed by atoms with van der Waals surface area (Å²) < 4.78 is 43.4. The molecule has 0 aliphatic rings. The van der Waals surface area contributed by atoms with Crippen molar-refractivity contribution in [2.45, 2.75) is 13.3 Å². The fourth-order valence-corrected chi connectivity index (χ4v) is 2.46. The molecule has 1 aromatic carbocycles. The smallest absolute Gasteiger partial charge is 0.338 e. The molecule has 0 bridgehead atoms. The summed E-state index contributed by atoms with van der Waals surface area (Å²) in [7, 11) is -3.86. The quantitative estimate of drug-likeness (QED) is 0.731. The molecule has 9 heteroatoms. The van der Waals surface area contributed by atoms with Crippen molar-refractivity contribution in [1.29, 1.82) is 0 Å². The molecule has 21 heavy (non-hydrogen) atoms. The summed E-state index contributed by atoms with van der Waals surface area (Å²) in [6, 6.07) is 2.82. The van der Waals surface area contributed by atoms with Gasteiger partial charge in [0.15, 0.2) is 0 Å². The molecule has 1 aromatic rings. The van der Waals surface area contributed by atoms with Crippen LogP contribution >= 0.6 is 0 Å². The van der Waals surface area contributed by atoms with Gasteiger partial charge >= 0.3 is 11.9 Å². The van der Waals surface area contributed by atoms with Crippen LogP contribution in [0.25, 0.3) is 0 Å². The molecule has 0 saturated heterocycles. The fraction of sp³-hybridized carbons (Fsp3) is 0.333. The Morgan fingerprint density at radius 2 is 2.05 bits per heavy atom. The Hall–Kier alpha value is -2.16. The Kier molecular flexibility index (Phi) is 5.65. The van der Waals surface area contributed by atoms with Gasteiger partial charge in [-0.1, -0.05) is 0 Å². The van der Waals surface area contributed by atoms with E-state index in [1.54, 1.807) is 6.92 Å². The predicted octanol–water partition coefficient (Wildman–Crippen LogP) is 1.22. The zero-order valence-electron chi connectivity index (χ0n) is 11.1. The normalized spacial score (nSPS) is 11.0. The first-order chi connectivity index (χ1) is 9.75. The van der Waals surface area contributed by atoms with E-state index in [9.17, 15) is 22.4 Å². The first kappa shape index (κ1) is 16.9. The number of rotatable bonds is 7. The monoisotopic (exact) mass is 319 g/mol. The van der Waals surface area contributed by atoms with E-state index in [4.69, 9.17) is 5.11 Å². The number of carbonyl (C=O) groups is 2. The van der Waals surface area contributed by atoms with Crippen LogP contribution < -0.4 is 4.72 Å². The second-order valence-corrected chi connectivity index (χ2v) is 5.82. The van der Waals surface area contributed by atoms with Crippen LogP contribution in [-0.4, -0.2) is 37.8 Å². The molecule has 0 aliphatic heterocycles. The van der Waals surface area contributed by atoms with Crippen LogP contribution in [0.15, 0.2) is 18.2 Å². The minimum atomic E-state index is -3.86. The second kappa shape index (κ2) is 7.02. The van der Waals surface area contributed by atoms with Gasteiger partial charge in [0.25, 0.3) is 0 Å². The first-order valence-corrected chi connectivity index (χ1v) is 7.59. The maximum atomic E-state index is 13.4. The van der Waals surface area contributed by atoms with E-state index >= 15 is 0 Å². The Balaban J connectivity index is 2.73. The van der Waals surface area contributed by atoms with Crippen molar-refractivity contribution in [1.82, 2.24) is 0 Å². The van der Waals surface area contributed by atoms with E-state index in [0.29, 0.717) is 0 Å². The summed E-state index contributed by atoms with van der Waals surface area (Å²) in [5.41, 5.74) is -0.689. The van der Waals surface area contributed by atoms with Gasteiger partial charge in [-0.2, -0.15) is 0 Å². The van der Waals surface area contributed by atoms with Crippen LogP contribution in [0.3, 0.4) is 0 Å². The maximum Gasteiger partial charge on any atom is 0.338 e. The number of ether oxygens (including phenoxy) is 1. The molecule has 0 atom stereocenters. The fourth-order valence-electron chi connectivity index (χ4n) is 1.43. The van der Waals surface area contributed by atoms with Crippen molar-refractivity contribution in [3.63, 3.8) is 0 Å². The third-order valence-corrected chi connectivity index (χ3v) is 3.64. The van der Waals surface area contributed by atoms with Crippen molar-refractivity contribution < 1.29 is 32.2 Å². The highest BCUT2D eigenvalue weighted by molar-refractivity contribution is 7.92. The van der Waals surface area contributed by atoms with E-state index in [0.717, 1.165) is 18.2 Å². The van der Waals surface area contributed by atoms with Gasteiger partial charge in [-0.15, -0.1) is 0 Å². The number of aromatic carboxylic acids is 1. The molecule has 0 aliphatic carbocycles. The molecular weight excluding hydrogens is 305 g/mol. The van der Waals surface area contributed by atoms with E-state index in [2.05, 4.69) is 9.46 Å². The molecule has 116 valence electrons. The molecule has 2 N–H and O–H groups in total. The van der Waals surface area contributed by atoms with Crippen molar-refractivity contribution in [2.75, 3.05) is 17.1 Å². The number of halogens is 1. The Bertz CT molecular complexity index is 643.